The van der Waals surface area contributed by atoms with Crippen LogP contribution in [0.1, 0.15) is 19.3 Å². The highest BCUT2D eigenvalue weighted by Gasteiger charge is 2.56. The molecule has 1 aromatic carbocycles. The van der Waals surface area contributed by atoms with E-state index in [-0.39, 0.29) is 18.6 Å². The van der Waals surface area contributed by atoms with Crippen LogP contribution in [0.2, 0.25) is 0 Å². The molecule has 1 aromatic heterocycles. The Labute approximate surface area is 120 Å². The molecule has 2 atom stereocenters. The molecular weight excluding hydrogens is 270 g/mol. The molecule has 0 radical (unpaired) electrons. The molecule has 2 fully saturated rings. The topological polar surface area (TPSA) is 76.2 Å². The van der Waals surface area contributed by atoms with Crippen LogP contribution in [-0.4, -0.2) is 22.7 Å². The molecule has 6 heteroatoms. The fourth-order valence-corrected chi connectivity index (χ4v) is 3.87. The molecule has 2 aliphatic carbocycles. The van der Waals surface area contributed by atoms with Gasteiger partial charge in [-0.05, 0) is 24.7 Å². The Balaban J connectivity index is 1.39. The van der Waals surface area contributed by atoms with Crippen molar-refractivity contribution in [2.24, 2.45) is 17.8 Å². The number of rotatable bonds is 2. The number of nitrogens with one attached hydrogen (secondary N) is 2. The number of fused-ring (bicyclic) bond motifs is 3. The molecular formula is C15H15N3O3. The normalized spacial score (nSPS) is 28.7. The van der Waals surface area contributed by atoms with Crippen molar-refractivity contribution in [3.8, 4) is 11.5 Å². The van der Waals surface area contributed by atoms with Gasteiger partial charge in [-0.1, -0.05) is 6.42 Å². The van der Waals surface area contributed by atoms with Crippen molar-refractivity contribution >= 4 is 22.9 Å². The molecule has 2 saturated carbocycles. The number of imidazole rings is 1. The maximum atomic E-state index is 12.2. The first-order valence-corrected chi connectivity index (χ1v) is 7.40. The summed E-state index contributed by atoms with van der Waals surface area (Å²) < 4.78 is 10.7. The number of carbonyl (C=O) groups excluding carboxylic acids is 1. The summed E-state index contributed by atoms with van der Waals surface area (Å²) in [6.07, 6.45) is 3.67. The molecule has 21 heavy (non-hydrogen) atoms. The molecule has 0 saturated heterocycles. The largest absolute Gasteiger partial charge is 0.454 e. The molecule has 2 N–H and O–H groups in total. The minimum atomic E-state index is 0.101. The van der Waals surface area contributed by atoms with E-state index in [0.717, 1.165) is 11.0 Å². The maximum absolute atomic E-state index is 12.2. The van der Waals surface area contributed by atoms with E-state index in [4.69, 9.17) is 9.47 Å². The van der Waals surface area contributed by atoms with Crippen LogP contribution in [-0.2, 0) is 4.79 Å². The fourth-order valence-electron chi connectivity index (χ4n) is 3.87. The summed E-state index contributed by atoms with van der Waals surface area (Å²) >= 11 is 0. The summed E-state index contributed by atoms with van der Waals surface area (Å²) in [6.45, 7) is 0.246. The van der Waals surface area contributed by atoms with Gasteiger partial charge in [0.15, 0.2) is 11.5 Å². The zero-order chi connectivity index (χ0) is 14.0. The molecule has 1 amide bonds. The Kier molecular flexibility index (Phi) is 2.12. The molecule has 2 heterocycles. The smallest absolute Gasteiger partial charge is 0.231 e. The first-order chi connectivity index (χ1) is 10.3. The average Bonchev–Trinajstić information content (AvgIpc) is 2.91. The molecule has 5 rings (SSSR count). The van der Waals surface area contributed by atoms with Crippen molar-refractivity contribution < 1.29 is 14.3 Å². The number of H-pyrrole nitrogens is 1. The van der Waals surface area contributed by atoms with Gasteiger partial charge in [0.1, 0.15) is 0 Å². The van der Waals surface area contributed by atoms with Crippen LogP contribution < -0.4 is 14.8 Å². The number of anilines is 1. The molecule has 1 aliphatic heterocycles. The second-order valence-corrected chi connectivity index (χ2v) is 6.08. The van der Waals surface area contributed by atoms with Crippen molar-refractivity contribution in [3.63, 3.8) is 0 Å². The van der Waals surface area contributed by atoms with Gasteiger partial charge in [0.25, 0.3) is 0 Å². The number of aromatic amines is 1. The number of ether oxygens (including phenoxy) is 2. The van der Waals surface area contributed by atoms with Crippen LogP contribution in [0.5, 0.6) is 11.5 Å². The van der Waals surface area contributed by atoms with Crippen LogP contribution >= 0.6 is 0 Å². The number of hydrogen-bond donors (Lipinski definition) is 2. The Morgan fingerprint density at radius 3 is 2.81 bits per heavy atom. The van der Waals surface area contributed by atoms with E-state index in [9.17, 15) is 4.79 Å². The number of amides is 1. The molecule has 2 aromatic rings. The van der Waals surface area contributed by atoms with Crippen LogP contribution in [0.25, 0.3) is 11.0 Å². The predicted octanol–water partition coefficient (Wildman–Crippen LogP) is 2.28. The van der Waals surface area contributed by atoms with Crippen LogP contribution in [0, 0.1) is 17.8 Å². The van der Waals surface area contributed by atoms with Crippen molar-refractivity contribution in [2.45, 2.75) is 19.3 Å². The van der Waals surface area contributed by atoms with Crippen LogP contribution in [0.4, 0.5) is 5.95 Å². The van der Waals surface area contributed by atoms with E-state index in [2.05, 4.69) is 15.3 Å². The van der Waals surface area contributed by atoms with E-state index >= 15 is 0 Å². The average molecular weight is 285 g/mol. The maximum Gasteiger partial charge on any atom is 0.231 e. The lowest BCUT2D eigenvalue weighted by molar-refractivity contribution is -0.118. The summed E-state index contributed by atoms with van der Waals surface area (Å²) in [4.78, 5) is 19.8. The van der Waals surface area contributed by atoms with Gasteiger partial charge in [0.2, 0.25) is 18.6 Å². The number of carbonyl (C=O) groups is 1. The number of benzene rings is 1. The first-order valence-electron chi connectivity index (χ1n) is 7.40. The van der Waals surface area contributed by atoms with Gasteiger partial charge < -0.3 is 14.5 Å². The number of aromatic nitrogens is 2. The van der Waals surface area contributed by atoms with Crippen LogP contribution in [0.3, 0.4) is 0 Å². The van der Waals surface area contributed by atoms with Gasteiger partial charge >= 0.3 is 0 Å². The molecule has 0 spiro atoms. The van der Waals surface area contributed by atoms with Gasteiger partial charge in [0.05, 0.1) is 11.0 Å². The summed E-state index contributed by atoms with van der Waals surface area (Å²) in [6, 6.07) is 3.68. The third-order valence-electron chi connectivity index (χ3n) is 4.93. The standard InChI is InChI=1S/C15H15N3O3/c19-14(13-7-2-1-3-8(7)13)18-15-16-9-4-11-12(21-6-20-11)5-10(9)17-15/h4-5,7-8,13H,1-3,6H2,(H2,16,17,18,19). The summed E-state index contributed by atoms with van der Waals surface area (Å²) in [7, 11) is 0. The highest BCUT2D eigenvalue weighted by atomic mass is 16.7. The van der Waals surface area contributed by atoms with E-state index in [1.807, 2.05) is 12.1 Å². The minimum Gasteiger partial charge on any atom is -0.454 e. The van der Waals surface area contributed by atoms with Crippen LogP contribution in [0.15, 0.2) is 12.1 Å². The SMILES string of the molecule is O=C(Nc1nc2cc3c(cc2[nH]1)OCO3)C1C2CCCC21. The van der Waals surface area contributed by atoms with Gasteiger partial charge in [0, 0.05) is 18.1 Å². The highest BCUT2D eigenvalue weighted by Crippen LogP contribution is 2.57. The fraction of sp³-hybridized carbons (Fsp3) is 0.467. The van der Waals surface area contributed by atoms with Crippen molar-refractivity contribution in [3.05, 3.63) is 12.1 Å². The lowest BCUT2D eigenvalue weighted by Crippen LogP contribution is -2.17. The molecule has 108 valence electrons. The van der Waals surface area contributed by atoms with E-state index in [0.29, 0.717) is 29.3 Å². The lowest BCUT2D eigenvalue weighted by Gasteiger charge is -2.02. The molecule has 2 unspecified atom stereocenters. The minimum absolute atomic E-state index is 0.101. The lowest BCUT2D eigenvalue weighted by atomic mass is 10.1. The summed E-state index contributed by atoms with van der Waals surface area (Å²) in [5, 5.41) is 2.91. The number of hydrogen-bond acceptors (Lipinski definition) is 4. The Morgan fingerprint density at radius 1 is 1.24 bits per heavy atom. The molecule has 3 aliphatic rings. The van der Waals surface area contributed by atoms with Gasteiger partial charge in [-0.15, -0.1) is 0 Å². The highest BCUT2D eigenvalue weighted by molar-refractivity contribution is 5.95. The first kappa shape index (κ1) is 11.4. The zero-order valence-electron chi connectivity index (χ0n) is 11.4. The Bertz CT molecular complexity index is 703. The van der Waals surface area contributed by atoms with E-state index < -0.39 is 0 Å². The van der Waals surface area contributed by atoms with Crippen molar-refractivity contribution in [1.82, 2.24) is 9.97 Å². The third kappa shape index (κ3) is 1.65. The quantitative estimate of drug-likeness (QED) is 0.887. The molecule has 6 nitrogen and oxygen atoms in total. The third-order valence-corrected chi connectivity index (χ3v) is 4.93. The summed E-state index contributed by atoms with van der Waals surface area (Å²) in [5.74, 6) is 3.43. The zero-order valence-corrected chi connectivity index (χ0v) is 11.4. The predicted molar refractivity (Wildman–Crippen MR) is 75.2 cm³/mol. The van der Waals surface area contributed by atoms with Crippen molar-refractivity contribution in [1.29, 1.82) is 0 Å². The van der Waals surface area contributed by atoms with Crippen molar-refractivity contribution in [2.75, 3.05) is 12.1 Å². The summed E-state index contributed by atoms with van der Waals surface area (Å²) in [5.41, 5.74) is 1.61. The van der Waals surface area contributed by atoms with E-state index in [1.165, 1.54) is 19.3 Å². The van der Waals surface area contributed by atoms with Gasteiger partial charge in [-0.2, -0.15) is 0 Å². The second-order valence-electron chi connectivity index (χ2n) is 6.08. The van der Waals surface area contributed by atoms with E-state index in [1.54, 1.807) is 0 Å². The second kappa shape index (κ2) is 3.90. The monoisotopic (exact) mass is 285 g/mol. The van der Waals surface area contributed by atoms with Gasteiger partial charge in [-0.25, -0.2) is 4.98 Å². The molecule has 0 bridgehead atoms. The van der Waals surface area contributed by atoms with Gasteiger partial charge in [-0.3, -0.25) is 10.1 Å². The Hall–Kier alpha value is -2.24. The number of nitrogens with zero attached hydrogens (tertiary/aromatic N) is 1. The Morgan fingerprint density at radius 2 is 2.00 bits per heavy atom.